The summed E-state index contributed by atoms with van der Waals surface area (Å²) in [5.74, 6) is -0.213. The van der Waals surface area contributed by atoms with Crippen LogP contribution in [0, 0.1) is 0 Å². The molecule has 0 aromatic carbocycles. The van der Waals surface area contributed by atoms with Crippen LogP contribution in [0.2, 0.25) is 4.47 Å². The number of hydrogen-bond donors (Lipinski definition) is 2. The zero-order valence-electron chi connectivity index (χ0n) is 12.5. The van der Waals surface area contributed by atoms with E-state index in [0.29, 0.717) is 17.6 Å². The van der Waals surface area contributed by atoms with Crippen molar-refractivity contribution in [2.45, 2.75) is 13.5 Å². The van der Waals surface area contributed by atoms with Crippen molar-refractivity contribution in [3.63, 3.8) is 0 Å². The van der Waals surface area contributed by atoms with Crippen molar-refractivity contribution in [2.75, 3.05) is 13.1 Å². The number of halogens is 1. The van der Waals surface area contributed by atoms with E-state index in [2.05, 4.69) is 10.3 Å². The van der Waals surface area contributed by atoms with E-state index in [1.807, 2.05) is 25.1 Å². The third-order valence-electron chi connectivity index (χ3n) is 3.46. The molecule has 0 atom stereocenters. The van der Waals surface area contributed by atoms with Crippen molar-refractivity contribution in [1.82, 2.24) is 14.7 Å². The molecular weight excluding hydrogens is 336 g/mol. The summed E-state index contributed by atoms with van der Waals surface area (Å²) in [5, 5.41) is 13.6. The predicted octanol–water partition coefficient (Wildman–Crippen LogP) is 1.88. The molecule has 3 heterocycles. The number of pyridine rings is 1. The van der Waals surface area contributed by atoms with Crippen LogP contribution in [-0.4, -0.2) is 33.4 Å². The van der Waals surface area contributed by atoms with Gasteiger partial charge in [0.2, 0.25) is 5.78 Å². The number of imidazole rings is 1. The van der Waals surface area contributed by atoms with Crippen LogP contribution < -0.4 is 9.88 Å². The molecule has 23 heavy (non-hydrogen) atoms. The number of likely N-dealkylation sites (N-methyl/N-ethyl adjacent to an activating group) is 1. The number of fused-ring (bicyclic) bond motifs is 1. The highest BCUT2D eigenvalue weighted by Crippen LogP contribution is 2.21. The van der Waals surface area contributed by atoms with Crippen LogP contribution >= 0.6 is 22.9 Å². The number of carbonyl (C=O) groups is 1. The second-order valence-corrected chi connectivity index (χ2v) is 6.67. The molecule has 2 N–H and O–H groups in total. The number of rotatable bonds is 6. The third kappa shape index (κ3) is 3.08. The molecular formula is C15H16ClN4O2S+. The molecule has 120 valence electrons. The van der Waals surface area contributed by atoms with Crippen molar-refractivity contribution in [1.29, 1.82) is 0 Å². The Morgan fingerprint density at radius 2 is 2.35 bits per heavy atom. The number of carbonyl (C=O) groups excluding carboxylic acids is 1. The van der Waals surface area contributed by atoms with Crippen LogP contribution in [0.1, 0.15) is 22.3 Å². The monoisotopic (exact) mass is 351 g/mol. The molecule has 0 saturated heterocycles. The van der Waals surface area contributed by atoms with E-state index < -0.39 is 0 Å². The minimum Gasteiger partial charge on any atom is -0.475 e. The number of nitrogens with zero attached hydrogens (tertiary/aromatic N) is 3. The number of aromatic nitrogens is 3. The van der Waals surface area contributed by atoms with E-state index in [0.717, 1.165) is 10.5 Å². The number of ketones is 1. The third-order valence-corrected chi connectivity index (χ3v) is 4.56. The Bertz CT molecular complexity index is 858. The van der Waals surface area contributed by atoms with Gasteiger partial charge in [-0.15, -0.1) is 11.3 Å². The highest BCUT2D eigenvalue weighted by atomic mass is 35.5. The van der Waals surface area contributed by atoms with Gasteiger partial charge in [0, 0.05) is 12.3 Å². The maximum absolute atomic E-state index is 12.4. The second kappa shape index (κ2) is 6.66. The van der Waals surface area contributed by atoms with Crippen molar-refractivity contribution in [3.05, 3.63) is 45.6 Å². The maximum Gasteiger partial charge on any atom is 0.335 e. The molecule has 0 spiro atoms. The summed E-state index contributed by atoms with van der Waals surface area (Å²) in [4.78, 5) is 17.3. The first kappa shape index (κ1) is 15.9. The van der Waals surface area contributed by atoms with Crippen LogP contribution in [0.5, 0.6) is 5.88 Å². The van der Waals surface area contributed by atoms with Gasteiger partial charge in [-0.3, -0.25) is 4.79 Å². The molecule has 0 aliphatic heterocycles. The summed E-state index contributed by atoms with van der Waals surface area (Å²) in [7, 11) is 0. The van der Waals surface area contributed by atoms with E-state index in [-0.39, 0.29) is 23.9 Å². The molecule has 0 amide bonds. The first-order valence-corrected chi connectivity index (χ1v) is 8.37. The summed E-state index contributed by atoms with van der Waals surface area (Å²) in [6.07, 6.45) is 3.44. The van der Waals surface area contributed by atoms with Crippen molar-refractivity contribution < 1.29 is 14.5 Å². The molecule has 0 aliphatic rings. The minimum absolute atomic E-state index is 0.0522. The smallest absolute Gasteiger partial charge is 0.335 e. The standard InChI is InChI=1S/C15H15ClN4O2S/c1-2-17-8-11(21)13-14(22)20(9-10-7-18-15(16)23-10)12-5-3-4-6-19(12)13/h3-7,17H,2,8-9H2,1H3/p+1. The summed E-state index contributed by atoms with van der Waals surface area (Å²) in [6, 6.07) is 5.54. The minimum atomic E-state index is -0.161. The molecule has 0 fully saturated rings. The van der Waals surface area contributed by atoms with Crippen molar-refractivity contribution >= 4 is 34.4 Å². The molecule has 8 heteroatoms. The molecule has 0 bridgehead atoms. The molecule has 0 radical (unpaired) electrons. The zero-order valence-corrected chi connectivity index (χ0v) is 14.1. The van der Waals surface area contributed by atoms with Crippen LogP contribution in [0.4, 0.5) is 0 Å². The fourth-order valence-corrected chi connectivity index (χ4v) is 3.40. The molecule has 3 aromatic heterocycles. The average Bonchev–Trinajstić information content (AvgIpc) is 3.07. The van der Waals surface area contributed by atoms with E-state index in [1.54, 1.807) is 21.4 Å². The van der Waals surface area contributed by atoms with E-state index in [4.69, 9.17) is 11.6 Å². The number of hydrogen-bond acceptors (Lipinski definition) is 5. The van der Waals surface area contributed by atoms with Crippen LogP contribution in [0.25, 0.3) is 5.65 Å². The second-order valence-electron chi connectivity index (χ2n) is 4.97. The predicted molar refractivity (Wildman–Crippen MR) is 88.4 cm³/mol. The van der Waals surface area contributed by atoms with Gasteiger partial charge in [0.05, 0.1) is 17.6 Å². The van der Waals surface area contributed by atoms with Gasteiger partial charge in [-0.05, 0) is 12.6 Å². The summed E-state index contributed by atoms with van der Waals surface area (Å²) >= 11 is 7.21. The van der Waals surface area contributed by atoms with Gasteiger partial charge in [-0.2, -0.15) is 8.97 Å². The van der Waals surface area contributed by atoms with Gasteiger partial charge < -0.3 is 10.4 Å². The largest absolute Gasteiger partial charge is 0.475 e. The Morgan fingerprint density at radius 1 is 1.52 bits per heavy atom. The zero-order chi connectivity index (χ0) is 16.4. The highest BCUT2D eigenvalue weighted by Gasteiger charge is 2.30. The first-order chi connectivity index (χ1) is 11.1. The Kier molecular flexibility index (Phi) is 4.61. The number of nitrogens with one attached hydrogen (secondary N) is 1. The Hall–Kier alpha value is -1.96. The number of thiazole rings is 1. The van der Waals surface area contributed by atoms with Gasteiger partial charge in [-0.25, -0.2) is 4.98 Å². The number of Topliss-reactive ketones (excluding diaryl/α,β-unsaturated/α-hetero) is 1. The summed E-state index contributed by atoms with van der Waals surface area (Å²) in [6.45, 7) is 3.20. The Labute approximate surface area is 142 Å². The molecule has 6 nitrogen and oxygen atoms in total. The lowest BCUT2D eigenvalue weighted by molar-refractivity contribution is -0.667. The lowest BCUT2D eigenvalue weighted by atomic mass is 10.3. The maximum atomic E-state index is 12.4. The number of aromatic hydroxyl groups is 1. The highest BCUT2D eigenvalue weighted by molar-refractivity contribution is 7.15. The quantitative estimate of drug-likeness (QED) is 0.525. The Morgan fingerprint density at radius 3 is 3.04 bits per heavy atom. The SMILES string of the molecule is CCNCC(=O)c1c(O)[n+](Cc2cnc(Cl)s2)c2ccccn12. The van der Waals surface area contributed by atoms with Crippen molar-refractivity contribution in [3.8, 4) is 5.88 Å². The van der Waals surface area contributed by atoms with E-state index >= 15 is 0 Å². The van der Waals surface area contributed by atoms with Gasteiger partial charge >= 0.3 is 5.88 Å². The fourth-order valence-electron chi connectivity index (χ4n) is 2.44. The van der Waals surface area contributed by atoms with Gasteiger partial charge in [-0.1, -0.05) is 24.6 Å². The molecule has 0 aliphatic carbocycles. The molecule has 3 rings (SSSR count). The van der Waals surface area contributed by atoms with Crippen LogP contribution in [0.3, 0.4) is 0 Å². The summed E-state index contributed by atoms with van der Waals surface area (Å²) < 4.78 is 3.84. The summed E-state index contributed by atoms with van der Waals surface area (Å²) in [5.41, 5.74) is 1.01. The van der Waals surface area contributed by atoms with Gasteiger partial charge in [0.25, 0.3) is 11.3 Å². The van der Waals surface area contributed by atoms with Gasteiger partial charge in [0.15, 0.2) is 4.47 Å². The lowest BCUT2D eigenvalue weighted by Crippen LogP contribution is -2.33. The topological polar surface area (TPSA) is 70.5 Å². The Balaban J connectivity index is 2.07. The van der Waals surface area contributed by atoms with E-state index in [9.17, 15) is 9.90 Å². The molecule has 0 unspecified atom stereocenters. The fraction of sp³-hybridized carbons (Fsp3) is 0.267. The van der Waals surface area contributed by atoms with E-state index in [1.165, 1.54) is 11.3 Å². The van der Waals surface area contributed by atoms with Crippen molar-refractivity contribution in [2.24, 2.45) is 0 Å². The van der Waals surface area contributed by atoms with Crippen LogP contribution in [0.15, 0.2) is 30.6 Å². The molecule has 3 aromatic rings. The lowest BCUT2D eigenvalue weighted by Gasteiger charge is -1.98. The average molecular weight is 352 g/mol. The normalized spacial score (nSPS) is 11.2. The van der Waals surface area contributed by atoms with Gasteiger partial charge in [0.1, 0.15) is 6.54 Å². The first-order valence-electron chi connectivity index (χ1n) is 7.17. The van der Waals surface area contributed by atoms with Crippen LogP contribution in [-0.2, 0) is 6.54 Å². The molecule has 0 saturated carbocycles.